The second-order valence-electron chi connectivity index (χ2n) is 3.96. The summed E-state index contributed by atoms with van der Waals surface area (Å²) in [7, 11) is 0. The molecule has 1 heterocycles. The number of carbonyl (C=O) groups is 1. The van der Waals surface area contributed by atoms with E-state index in [4.69, 9.17) is 11.6 Å². The van der Waals surface area contributed by atoms with Gasteiger partial charge in [-0.25, -0.2) is 4.98 Å². The number of anilines is 1. The minimum atomic E-state index is 0.331. The number of halogens is 1. The van der Waals surface area contributed by atoms with E-state index in [9.17, 15) is 4.79 Å². The summed E-state index contributed by atoms with van der Waals surface area (Å²) in [5.41, 5.74) is 0. The van der Waals surface area contributed by atoms with Crippen LogP contribution in [0.5, 0.6) is 0 Å². The number of nitrogens with zero attached hydrogens (tertiary/aromatic N) is 2. The number of aldehydes is 1. The molecule has 5 heteroatoms. The molecule has 0 spiro atoms. The van der Waals surface area contributed by atoms with Gasteiger partial charge in [0, 0.05) is 13.1 Å². The van der Waals surface area contributed by atoms with Gasteiger partial charge >= 0.3 is 0 Å². The van der Waals surface area contributed by atoms with Crippen molar-refractivity contribution in [3.63, 3.8) is 0 Å². The second-order valence-corrected chi connectivity index (χ2v) is 5.33. The van der Waals surface area contributed by atoms with Gasteiger partial charge in [-0.1, -0.05) is 49.6 Å². The van der Waals surface area contributed by atoms with Crippen molar-refractivity contribution >= 4 is 34.4 Å². The summed E-state index contributed by atoms with van der Waals surface area (Å²) in [4.78, 5) is 17.8. The molecule has 0 aliphatic heterocycles. The van der Waals surface area contributed by atoms with Gasteiger partial charge in [0.15, 0.2) is 16.6 Å². The highest BCUT2D eigenvalue weighted by Crippen LogP contribution is 2.28. The Morgan fingerprint density at radius 1 is 1.29 bits per heavy atom. The van der Waals surface area contributed by atoms with Gasteiger partial charge < -0.3 is 4.90 Å². The van der Waals surface area contributed by atoms with E-state index >= 15 is 0 Å². The number of unbranched alkanes of at least 4 members (excludes halogenated alkanes) is 2. The van der Waals surface area contributed by atoms with Crippen molar-refractivity contribution in [2.24, 2.45) is 0 Å². The molecule has 1 aromatic heterocycles. The van der Waals surface area contributed by atoms with Crippen LogP contribution < -0.4 is 4.90 Å². The van der Waals surface area contributed by atoms with Gasteiger partial charge in [0.05, 0.1) is 0 Å². The summed E-state index contributed by atoms with van der Waals surface area (Å²) in [5.74, 6) is 0. The molecule has 3 nitrogen and oxygen atoms in total. The van der Waals surface area contributed by atoms with Crippen LogP contribution in [0.2, 0.25) is 5.15 Å². The quantitative estimate of drug-likeness (QED) is 0.672. The Kier molecular flexibility index (Phi) is 6.52. The van der Waals surface area contributed by atoms with Crippen LogP contribution in [0, 0.1) is 0 Å². The number of hydrogen-bond acceptors (Lipinski definition) is 4. The summed E-state index contributed by atoms with van der Waals surface area (Å²) in [6.07, 6.45) is 5.36. The molecule has 1 rings (SSSR count). The summed E-state index contributed by atoms with van der Waals surface area (Å²) >= 11 is 7.28. The van der Waals surface area contributed by atoms with Gasteiger partial charge in [0.2, 0.25) is 0 Å². The lowest BCUT2D eigenvalue weighted by molar-refractivity contribution is 0.112. The van der Waals surface area contributed by atoms with Crippen molar-refractivity contribution in [3.05, 3.63) is 10.0 Å². The Labute approximate surface area is 112 Å². The van der Waals surface area contributed by atoms with Gasteiger partial charge in [-0.05, 0) is 12.8 Å². The molecular weight excluding hydrogens is 256 g/mol. The second kappa shape index (κ2) is 7.67. The largest absolute Gasteiger partial charge is 0.348 e. The van der Waals surface area contributed by atoms with Gasteiger partial charge in [0.1, 0.15) is 4.88 Å². The molecule has 0 fully saturated rings. The average molecular weight is 275 g/mol. The molecule has 96 valence electrons. The maximum absolute atomic E-state index is 10.8. The van der Waals surface area contributed by atoms with E-state index in [1.165, 1.54) is 11.3 Å². The fourth-order valence-corrected chi connectivity index (χ4v) is 2.63. The minimum absolute atomic E-state index is 0.331. The Balaban J connectivity index is 2.75. The van der Waals surface area contributed by atoms with E-state index in [0.717, 1.165) is 50.2 Å². The van der Waals surface area contributed by atoms with Crippen molar-refractivity contribution in [1.29, 1.82) is 0 Å². The minimum Gasteiger partial charge on any atom is -0.348 e. The summed E-state index contributed by atoms with van der Waals surface area (Å²) < 4.78 is 0. The summed E-state index contributed by atoms with van der Waals surface area (Å²) in [6.45, 7) is 6.31. The molecule has 0 unspecified atom stereocenters. The van der Waals surface area contributed by atoms with Crippen LogP contribution in [0.25, 0.3) is 0 Å². The molecule has 0 bridgehead atoms. The van der Waals surface area contributed by atoms with Crippen molar-refractivity contribution in [1.82, 2.24) is 4.98 Å². The van der Waals surface area contributed by atoms with Crippen LogP contribution in [0.3, 0.4) is 0 Å². The van der Waals surface area contributed by atoms with Gasteiger partial charge in [-0.15, -0.1) is 0 Å². The van der Waals surface area contributed by atoms with E-state index < -0.39 is 0 Å². The van der Waals surface area contributed by atoms with Crippen molar-refractivity contribution in [3.8, 4) is 0 Å². The topological polar surface area (TPSA) is 33.2 Å². The smallest absolute Gasteiger partial charge is 0.187 e. The van der Waals surface area contributed by atoms with Gasteiger partial charge in [0.25, 0.3) is 0 Å². The molecule has 0 radical (unpaired) electrons. The predicted molar refractivity (Wildman–Crippen MR) is 74.5 cm³/mol. The number of hydrogen-bond donors (Lipinski definition) is 0. The number of rotatable bonds is 8. The highest BCUT2D eigenvalue weighted by atomic mass is 35.5. The molecule has 0 atom stereocenters. The zero-order valence-electron chi connectivity index (χ0n) is 10.4. The van der Waals surface area contributed by atoms with Crippen molar-refractivity contribution in [2.45, 2.75) is 39.5 Å². The Morgan fingerprint density at radius 3 is 2.29 bits per heavy atom. The zero-order chi connectivity index (χ0) is 12.7. The van der Waals surface area contributed by atoms with Crippen LogP contribution in [0.4, 0.5) is 5.13 Å². The molecule has 0 saturated carbocycles. The first-order valence-corrected chi connectivity index (χ1v) is 7.28. The average Bonchev–Trinajstić information content (AvgIpc) is 2.70. The van der Waals surface area contributed by atoms with Crippen LogP contribution in [0.1, 0.15) is 49.2 Å². The Hall–Kier alpha value is -0.610. The lowest BCUT2D eigenvalue weighted by Gasteiger charge is -2.21. The van der Waals surface area contributed by atoms with Crippen LogP contribution >= 0.6 is 22.9 Å². The number of aromatic nitrogens is 1. The maximum atomic E-state index is 10.8. The number of thiazole rings is 1. The summed E-state index contributed by atoms with van der Waals surface area (Å²) in [6, 6.07) is 0. The molecular formula is C12H19ClN2OS. The molecule has 0 N–H and O–H groups in total. The predicted octanol–water partition coefficient (Wildman–Crippen LogP) is 4.02. The van der Waals surface area contributed by atoms with Crippen LogP contribution in [0.15, 0.2) is 0 Å². The standard InChI is InChI=1S/C12H19ClN2OS/c1-3-5-7-15(8-6-4-2)12-14-11(13)10(9-16)17-12/h9H,3-8H2,1-2H3. The molecule has 0 aliphatic carbocycles. The molecule has 1 aromatic rings. The third-order valence-corrected chi connectivity index (χ3v) is 3.98. The van der Waals surface area contributed by atoms with E-state index in [1.54, 1.807) is 0 Å². The molecule has 0 amide bonds. The van der Waals surface area contributed by atoms with E-state index in [0.29, 0.717) is 10.0 Å². The first kappa shape index (κ1) is 14.5. The third kappa shape index (κ3) is 4.28. The number of carbonyl (C=O) groups excluding carboxylic acids is 1. The lowest BCUT2D eigenvalue weighted by atomic mass is 10.3. The van der Waals surface area contributed by atoms with E-state index in [1.807, 2.05) is 0 Å². The van der Waals surface area contributed by atoms with Gasteiger partial charge in [-0.2, -0.15) is 0 Å². The molecule has 0 aromatic carbocycles. The van der Waals surface area contributed by atoms with Crippen molar-refractivity contribution in [2.75, 3.05) is 18.0 Å². The Morgan fingerprint density at radius 2 is 1.88 bits per heavy atom. The maximum Gasteiger partial charge on any atom is 0.187 e. The monoisotopic (exact) mass is 274 g/mol. The highest BCUT2D eigenvalue weighted by Gasteiger charge is 2.14. The van der Waals surface area contributed by atoms with E-state index in [2.05, 4.69) is 23.7 Å². The fraction of sp³-hybridized carbons (Fsp3) is 0.667. The first-order chi connectivity index (χ1) is 8.22. The normalized spacial score (nSPS) is 10.5. The van der Waals surface area contributed by atoms with Gasteiger partial charge in [-0.3, -0.25) is 4.79 Å². The highest BCUT2D eigenvalue weighted by molar-refractivity contribution is 7.17. The van der Waals surface area contributed by atoms with Crippen LogP contribution in [-0.4, -0.2) is 24.4 Å². The first-order valence-electron chi connectivity index (χ1n) is 6.09. The summed E-state index contributed by atoms with van der Waals surface area (Å²) in [5, 5.41) is 1.21. The third-order valence-electron chi connectivity index (χ3n) is 2.54. The van der Waals surface area contributed by atoms with Crippen molar-refractivity contribution < 1.29 is 4.79 Å². The fourth-order valence-electron chi connectivity index (χ4n) is 1.51. The molecule has 0 aliphatic rings. The zero-order valence-corrected chi connectivity index (χ0v) is 12.0. The molecule has 0 saturated heterocycles. The molecule has 17 heavy (non-hydrogen) atoms. The lowest BCUT2D eigenvalue weighted by Crippen LogP contribution is -2.25. The Bertz CT molecular complexity index is 346. The van der Waals surface area contributed by atoms with E-state index in [-0.39, 0.29) is 0 Å². The SMILES string of the molecule is CCCCN(CCCC)c1nc(Cl)c(C=O)s1. The van der Waals surface area contributed by atoms with Crippen LogP contribution in [-0.2, 0) is 0 Å².